The molecule has 1 aliphatic carbocycles. The van der Waals surface area contributed by atoms with Crippen molar-refractivity contribution in [2.24, 2.45) is 5.92 Å². The number of nitrogens with one attached hydrogen (secondary N) is 2. The second-order valence-electron chi connectivity index (χ2n) is 6.37. The zero-order chi connectivity index (χ0) is 16.5. The lowest BCUT2D eigenvalue weighted by Gasteiger charge is -2.33. The lowest BCUT2D eigenvalue weighted by atomic mass is 9.81. The number of benzene rings is 1. The first-order chi connectivity index (χ1) is 11.7. The predicted octanol–water partition coefficient (Wildman–Crippen LogP) is 3.09. The van der Waals surface area contributed by atoms with Gasteiger partial charge in [0, 0.05) is 29.7 Å². The van der Waals surface area contributed by atoms with Crippen LogP contribution in [0.1, 0.15) is 36.0 Å². The predicted molar refractivity (Wildman–Crippen MR) is 90.1 cm³/mol. The lowest BCUT2D eigenvalue weighted by Crippen LogP contribution is -2.45. The van der Waals surface area contributed by atoms with Gasteiger partial charge in [0.25, 0.3) is 10.7 Å². The van der Waals surface area contributed by atoms with E-state index in [0.717, 1.165) is 37.9 Å². The normalized spacial score (nSPS) is 26.1. The summed E-state index contributed by atoms with van der Waals surface area (Å²) < 4.78 is 11.0. The van der Waals surface area contributed by atoms with Crippen LogP contribution in [0.15, 0.2) is 28.7 Å². The molecule has 24 heavy (non-hydrogen) atoms. The summed E-state index contributed by atoms with van der Waals surface area (Å²) in [7, 11) is 0. The summed E-state index contributed by atoms with van der Waals surface area (Å²) in [6.45, 7) is 0.814. The molecule has 2 N–H and O–H groups in total. The molecule has 1 saturated heterocycles. The molecule has 1 aromatic heterocycles. The topological polar surface area (TPSA) is 80.1 Å². The number of hydrogen-bond donors (Lipinski definition) is 2. The number of ether oxygens (including phenoxy) is 1. The highest BCUT2D eigenvalue weighted by atomic mass is 32.1. The third kappa shape index (κ3) is 3.01. The van der Waals surface area contributed by atoms with Gasteiger partial charge in [-0.25, -0.2) is 5.10 Å². The maximum Gasteiger partial charge on any atom is 0.284 e. The zero-order valence-electron chi connectivity index (χ0n) is 13.2. The van der Waals surface area contributed by atoms with E-state index in [1.165, 1.54) is 0 Å². The van der Waals surface area contributed by atoms with Gasteiger partial charge in [-0.05, 0) is 62.2 Å². The quantitative estimate of drug-likeness (QED) is 0.836. The number of amides is 1. The summed E-state index contributed by atoms with van der Waals surface area (Å²) in [5, 5.41) is 9.76. The number of aromatic nitrogens is 2. The molecule has 0 bridgehead atoms. The van der Waals surface area contributed by atoms with Gasteiger partial charge >= 0.3 is 0 Å². The minimum absolute atomic E-state index is 0.0398. The van der Waals surface area contributed by atoms with Crippen LogP contribution in [-0.2, 0) is 4.74 Å². The molecule has 1 saturated carbocycles. The first-order valence-electron chi connectivity index (χ1n) is 8.29. The summed E-state index contributed by atoms with van der Waals surface area (Å²) in [5.74, 6) is 0.836. The van der Waals surface area contributed by atoms with E-state index < -0.39 is 0 Å². The zero-order valence-corrected chi connectivity index (χ0v) is 14.0. The van der Waals surface area contributed by atoms with Crippen molar-refractivity contribution < 1.29 is 13.9 Å². The molecule has 0 spiro atoms. The van der Waals surface area contributed by atoms with Gasteiger partial charge in [0.1, 0.15) is 0 Å². The van der Waals surface area contributed by atoms with Gasteiger partial charge in [-0.15, -0.1) is 5.10 Å². The summed E-state index contributed by atoms with van der Waals surface area (Å²) in [5.41, 5.74) is 1.41. The summed E-state index contributed by atoms with van der Waals surface area (Å²) in [6.07, 6.45) is 4.61. The largest absolute Gasteiger partial charge is 0.409 e. The number of fused-ring (bicyclic) bond motifs is 1. The Labute approximate surface area is 144 Å². The van der Waals surface area contributed by atoms with Gasteiger partial charge in [0.05, 0.1) is 6.10 Å². The molecule has 1 aromatic carbocycles. The molecule has 1 amide bonds. The molecular weight excluding hydrogens is 326 g/mol. The average molecular weight is 345 g/mol. The summed E-state index contributed by atoms with van der Waals surface area (Å²) in [6, 6.07) is 7.40. The maximum atomic E-state index is 12.5. The van der Waals surface area contributed by atoms with Crippen molar-refractivity contribution in [2.45, 2.75) is 37.8 Å². The molecule has 6 nitrogen and oxygen atoms in total. The average Bonchev–Trinajstić information content (AvgIpc) is 3.24. The van der Waals surface area contributed by atoms with Crippen LogP contribution >= 0.6 is 12.2 Å². The molecule has 2 fully saturated rings. The van der Waals surface area contributed by atoms with Crippen molar-refractivity contribution in [3.05, 3.63) is 34.7 Å². The Morgan fingerprint density at radius 3 is 2.83 bits per heavy atom. The number of carbonyl (C=O) groups is 1. The van der Waals surface area contributed by atoms with Crippen molar-refractivity contribution in [3.63, 3.8) is 0 Å². The van der Waals surface area contributed by atoms with Crippen LogP contribution in [0.3, 0.4) is 0 Å². The molecule has 4 rings (SSSR count). The molecule has 0 radical (unpaired) electrons. The third-order valence-corrected chi connectivity index (χ3v) is 5.10. The van der Waals surface area contributed by atoms with Crippen LogP contribution < -0.4 is 5.32 Å². The van der Waals surface area contributed by atoms with Crippen LogP contribution in [0, 0.1) is 10.8 Å². The highest BCUT2D eigenvalue weighted by molar-refractivity contribution is 7.71. The summed E-state index contributed by atoms with van der Waals surface area (Å²) in [4.78, 5) is 12.8. The molecule has 1 aliphatic heterocycles. The van der Waals surface area contributed by atoms with Gasteiger partial charge < -0.3 is 14.5 Å². The van der Waals surface area contributed by atoms with Crippen molar-refractivity contribution in [3.8, 4) is 11.5 Å². The second-order valence-corrected chi connectivity index (χ2v) is 6.74. The van der Waals surface area contributed by atoms with Crippen LogP contribution in [0.2, 0.25) is 0 Å². The minimum atomic E-state index is -0.0398. The fourth-order valence-corrected chi connectivity index (χ4v) is 3.85. The van der Waals surface area contributed by atoms with Crippen molar-refractivity contribution in [2.75, 3.05) is 6.61 Å². The number of rotatable bonds is 3. The second kappa shape index (κ2) is 6.49. The highest BCUT2D eigenvalue weighted by Crippen LogP contribution is 2.34. The monoisotopic (exact) mass is 345 g/mol. The van der Waals surface area contributed by atoms with Crippen molar-refractivity contribution in [1.82, 2.24) is 15.5 Å². The van der Waals surface area contributed by atoms with Gasteiger partial charge in [0.2, 0.25) is 5.89 Å². The number of aromatic amines is 1. The molecule has 126 valence electrons. The standard InChI is InChI=1S/C17H19N3O3S/c21-15(18-13-2-1-3-14-12(13)8-9-22-14)10-4-6-11(7-5-10)16-19-20-17(24)23-16/h4-7,12-14H,1-3,8-9H2,(H,18,21)(H,20,24)/t12-,13-,14-/m1/s1. The summed E-state index contributed by atoms with van der Waals surface area (Å²) >= 11 is 4.87. The van der Waals surface area contributed by atoms with E-state index in [0.29, 0.717) is 23.5 Å². The highest BCUT2D eigenvalue weighted by Gasteiger charge is 2.38. The number of hydrogen-bond acceptors (Lipinski definition) is 5. The van der Waals surface area contributed by atoms with Crippen LogP contribution in [0.5, 0.6) is 0 Å². The number of nitrogens with zero attached hydrogens (tertiary/aromatic N) is 1. The van der Waals surface area contributed by atoms with E-state index in [4.69, 9.17) is 21.4 Å². The van der Waals surface area contributed by atoms with Crippen molar-refractivity contribution >= 4 is 18.1 Å². The molecule has 7 heteroatoms. The van der Waals surface area contributed by atoms with Gasteiger partial charge in [-0.1, -0.05) is 0 Å². The number of H-pyrrole nitrogens is 1. The Hall–Kier alpha value is -1.99. The molecule has 2 aliphatic rings. The minimum Gasteiger partial charge on any atom is -0.409 e. The molecule has 0 unspecified atom stereocenters. The third-order valence-electron chi connectivity index (χ3n) is 4.93. The maximum absolute atomic E-state index is 12.5. The van der Waals surface area contributed by atoms with Gasteiger partial charge in [-0.3, -0.25) is 4.79 Å². The Kier molecular flexibility index (Phi) is 4.20. The SMILES string of the molecule is O=C(N[C@@H]1CCC[C@H]2OCC[C@H]12)c1ccc(-c2n[nH]c(=S)o2)cc1. The molecule has 3 atom stereocenters. The Balaban J connectivity index is 1.45. The fourth-order valence-electron chi connectivity index (χ4n) is 3.72. The Bertz CT molecular complexity index is 783. The fraction of sp³-hybridized carbons (Fsp3) is 0.471. The van der Waals surface area contributed by atoms with E-state index >= 15 is 0 Å². The van der Waals surface area contributed by atoms with E-state index in [1.807, 2.05) is 12.1 Å². The van der Waals surface area contributed by atoms with Gasteiger partial charge in [0.15, 0.2) is 0 Å². The molecule has 2 aromatic rings. The van der Waals surface area contributed by atoms with Crippen molar-refractivity contribution in [1.29, 1.82) is 0 Å². The first-order valence-corrected chi connectivity index (χ1v) is 8.70. The first kappa shape index (κ1) is 15.5. The Morgan fingerprint density at radius 1 is 1.25 bits per heavy atom. The molecular formula is C17H19N3O3S. The van der Waals surface area contributed by atoms with Crippen LogP contribution in [0.4, 0.5) is 0 Å². The van der Waals surface area contributed by atoms with Gasteiger partial charge in [-0.2, -0.15) is 0 Å². The van der Waals surface area contributed by atoms with E-state index in [9.17, 15) is 4.79 Å². The smallest absolute Gasteiger partial charge is 0.284 e. The Morgan fingerprint density at radius 2 is 2.08 bits per heavy atom. The number of carbonyl (C=O) groups excluding carboxylic acids is 1. The van der Waals surface area contributed by atoms with E-state index in [1.54, 1.807) is 12.1 Å². The van der Waals surface area contributed by atoms with E-state index in [2.05, 4.69) is 15.5 Å². The van der Waals surface area contributed by atoms with Crippen LogP contribution in [-0.4, -0.2) is 34.9 Å². The van der Waals surface area contributed by atoms with Crippen LogP contribution in [0.25, 0.3) is 11.5 Å². The lowest BCUT2D eigenvalue weighted by molar-refractivity contribution is 0.0510. The molecule has 2 heterocycles. The van der Waals surface area contributed by atoms with E-state index in [-0.39, 0.29) is 16.8 Å².